The second-order valence-corrected chi connectivity index (χ2v) is 6.46. The van der Waals surface area contributed by atoms with Gasteiger partial charge in [0.25, 0.3) is 0 Å². The zero-order valence-corrected chi connectivity index (χ0v) is 11.9. The fraction of sp³-hybridized carbons (Fsp3) is 0.500. The van der Waals surface area contributed by atoms with Gasteiger partial charge < -0.3 is 10.6 Å². The van der Waals surface area contributed by atoms with Gasteiger partial charge in [0.1, 0.15) is 0 Å². The van der Waals surface area contributed by atoms with Crippen LogP contribution in [-0.4, -0.2) is 33.8 Å². The highest BCUT2D eigenvalue weighted by molar-refractivity contribution is 7.88. The van der Waals surface area contributed by atoms with E-state index in [1.54, 1.807) is 11.3 Å². The first-order valence-corrected chi connectivity index (χ1v) is 8.23. The van der Waals surface area contributed by atoms with Crippen molar-refractivity contribution in [2.75, 3.05) is 19.3 Å². The topological polar surface area (TPSA) is 87.3 Å². The van der Waals surface area contributed by atoms with Gasteiger partial charge in [-0.3, -0.25) is 0 Å². The van der Waals surface area contributed by atoms with E-state index in [0.717, 1.165) is 11.8 Å². The molecule has 0 saturated heterocycles. The summed E-state index contributed by atoms with van der Waals surface area (Å²) in [6.07, 6.45) is 1.08. The van der Waals surface area contributed by atoms with Crippen molar-refractivity contribution in [2.45, 2.75) is 13.0 Å². The van der Waals surface area contributed by atoms with Crippen LogP contribution in [0, 0.1) is 0 Å². The van der Waals surface area contributed by atoms with Gasteiger partial charge in [-0.25, -0.2) is 17.9 Å². The van der Waals surface area contributed by atoms with Crippen molar-refractivity contribution in [1.82, 2.24) is 15.4 Å². The first-order valence-electron chi connectivity index (χ1n) is 5.39. The molecule has 0 unspecified atom stereocenters. The fourth-order valence-corrected chi connectivity index (χ4v) is 2.49. The number of urea groups is 1. The van der Waals surface area contributed by atoms with Crippen LogP contribution in [0.5, 0.6) is 0 Å². The van der Waals surface area contributed by atoms with Gasteiger partial charge in [-0.05, 0) is 29.3 Å². The number of carbonyl (C=O) groups excluding carboxylic acids is 1. The predicted molar refractivity (Wildman–Crippen MR) is 72.1 cm³/mol. The minimum Gasteiger partial charge on any atom is -0.337 e. The van der Waals surface area contributed by atoms with E-state index in [4.69, 9.17) is 0 Å². The van der Waals surface area contributed by atoms with Crippen LogP contribution in [0.2, 0.25) is 0 Å². The van der Waals surface area contributed by atoms with Crippen LogP contribution >= 0.6 is 11.3 Å². The maximum Gasteiger partial charge on any atom is 0.315 e. The van der Waals surface area contributed by atoms with Crippen LogP contribution in [0.15, 0.2) is 16.8 Å². The number of amides is 2. The number of rotatable bonds is 6. The fourth-order valence-electron chi connectivity index (χ4n) is 1.26. The summed E-state index contributed by atoms with van der Waals surface area (Å²) in [5.74, 6) is 0. The molecule has 1 atom stereocenters. The van der Waals surface area contributed by atoms with E-state index in [9.17, 15) is 13.2 Å². The Bertz CT molecular complexity index is 471. The van der Waals surface area contributed by atoms with Gasteiger partial charge in [0.05, 0.1) is 12.3 Å². The van der Waals surface area contributed by atoms with Crippen molar-refractivity contribution < 1.29 is 13.2 Å². The Hall–Kier alpha value is -1.12. The van der Waals surface area contributed by atoms with Crippen LogP contribution in [0.1, 0.15) is 18.5 Å². The summed E-state index contributed by atoms with van der Waals surface area (Å²) in [4.78, 5) is 11.5. The molecular formula is C10H17N3O3S2. The van der Waals surface area contributed by atoms with Gasteiger partial charge in [-0.1, -0.05) is 0 Å². The van der Waals surface area contributed by atoms with E-state index in [0.29, 0.717) is 0 Å². The van der Waals surface area contributed by atoms with Crippen LogP contribution in [0.25, 0.3) is 0 Å². The maximum absolute atomic E-state index is 11.5. The van der Waals surface area contributed by atoms with E-state index in [2.05, 4.69) is 15.4 Å². The van der Waals surface area contributed by atoms with Crippen LogP contribution < -0.4 is 15.4 Å². The normalized spacial score (nSPS) is 13.0. The largest absolute Gasteiger partial charge is 0.337 e. The number of thiophene rings is 1. The highest BCUT2D eigenvalue weighted by Crippen LogP contribution is 2.14. The zero-order valence-electron chi connectivity index (χ0n) is 10.3. The molecule has 3 N–H and O–H groups in total. The van der Waals surface area contributed by atoms with Crippen molar-refractivity contribution in [3.8, 4) is 0 Å². The number of sulfonamides is 1. The molecule has 8 heteroatoms. The molecule has 1 aromatic rings. The highest BCUT2D eigenvalue weighted by Gasteiger charge is 2.09. The molecule has 0 fully saturated rings. The molecule has 0 bridgehead atoms. The lowest BCUT2D eigenvalue weighted by molar-refractivity contribution is 0.238. The van der Waals surface area contributed by atoms with Gasteiger partial charge in [0, 0.05) is 13.1 Å². The summed E-state index contributed by atoms with van der Waals surface area (Å²) >= 11 is 1.57. The Morgan fingerprint density at radius 2 is 2.17 bits per heavy atom. The highest BCUT2D eigenvalue weighted by atomic mass is 32.2. The molecule has 0 spiro atoms. The maximum atomic E-state index is 11.5. The van der Waals surface area contributed by atoms with Crippen molar-refractivity contribution in [3.05, 3.63) is 22.4 Å². The monoisotopic (exact) mass is 291 g/mol. The third-order valence-corrected chi connectivity index (χ3v) is 3.60. The summed E-state index contributed by atoms with van der Waals surface area (Å²) in [6.45, 7) is 2.31. The molecular weight excluding hydrogens is 274 g/mol. The number of hydrogen-bond donors (Lipinski definition) is 3. The molecule has 1 aromatic heterocycles. The summed E-state index contributed by atoms with van der Waals surface area (Å²) in [5, 5.41) is 9.25. The van der Waals surface area contributed by atoms with Gasteiger partial charge in [-0.15, -0.1) is 0 Å². The van der Waals surface area contributed by atoms with Gasteiger partial charge in [0.15, 0.2) is 0 Å². The Kier molecular flexibility index (Phi) is 5.57. The van der Waals surface area contributed by atoms with E-state index in [1.807, 2.05) is 23.8 Å². The summed E-state index contributed by atoms with van der Waals surface area (Å²) in [6, 6.07) is 1.56. The third-order valence-electron chi connectivity index (χ3n) is 2.17. The number of carbonyl (C=O) groups is 1. The zero-order chi connectivity index (χ0) is 13.6. The van der Waals surface area contributed by atoms with Gasteiger partial charge >= 0.3 is 6.03 Å². The molecule has 0 aliphatic carbocycles. The molecule has 0 saturated carbocycles. The van der Waals surface area contributed by atoms with Crippen LogP contribution in [-0.2, 0) is 10.0 Å². The average molecular weight is 291 g/mol. The van der Waals surface area contributed by atoms with E-state index in [1.165, 1.54) is 0 Å². The minimum absolute atomic E-state index is 0.0703. The Morgan fingerprint density at radius 3 is 2.72 bits per heavy atom. The summed E-state index contributed by atoms with van der Waals surface area (Å²) in [7, 11) is -3.20. The first-order chi connectivity index (χ1) is 8.38. The third kappa shape index (κ3) is 5.99. The molecule has 1 heterocycles. The first kappa shape index (κ1) is 14.9. The Labute approximate surface area is 111 Å². The smallest absolute Gasteiger partial charge is 0.315 e. The second-order valence-electron chi connectivity index (χ2n) is 3.85. The Balaban J connectivity index is 2.22. The molecule has 6 nitrogen and oxygen atoms in total. The van der Waals surface area contributed by atoms with E-state index >= 15 is 0 Å². The second kappa shape index (κ2) is 6.72. The summed E-state index contributed by atoms with van der Waals surface area (Å²) < 4.78 is 23.8. The van der Waals surface area contributed by atoms with Crippen molar-refractivity contribution in [2.24, 2.45) is 0 Å². The number of hydrogen-bond acceptors (Lipinski definition) is 4. The lowest BCUT2D eigenvalue weighted by Gasteiger charge is -2.13. The molecule has 18 heavy (non-hydrogen) atoms. The minimum atomic E-state index is -3.20. The SMILES string of the molecule is C[C@@H](NC(=O)NCCNS(C)(=O)=O)c1ccsc1. The standard InChI is InChI=1S/C10H17N3O3S2/c1-8(9-3-6-17-7-9)13-10(14)11-4-5-12-18(2,15)16/h3,6-8,12H,4-5H2,1-2H3,(H2,11,13,14)/t8-/m1/s1. The molecule has 0 radical (unpaired) electrons. The average Bonchev–Trinajstić information content (AvgIpc) is 2.76. The van der Waals surface area contributed by atoms with Crippen LogP contribution in [0.3, 0.4) is 0 Å². The molecule has 2 amide bonds. The molecule has 102 valence electrons. The quantitative estimate of drug-likeness (QED) is 0.673. The predicted octanol–water partition coefficient (Wildman–Crippen LogP) is 0.657. The van der Waals surface area contributed by atoms with Crippen LogP contribution in [0.4, 0.5) is 4.79 Å². The number of nitrogens with one attached hydrogen (secondary N) is 3. The van der Waals surface area contributed by atoms with Crippen molar-refractivity contribution >= 4 is 27.4 Å². The van der Waals surface area contributed by atoms with Gasteiger partial charge in [-0.2, -0.15) is 11.3 Å². The molecule has 0 aliphatic heterocycles. The Morgan fingerprint density at radius 1 is 1.44 bits per heavy atom. The lowest BCUT2D eigenvalue weighted by Crippen LogP contribution is -2.40. The summed E-state index contributed by atoms with van der Waals surface area (Å²) in [5.41, 5.74) is 1.05. The molecule has 1 rings (SSSR count). The van der Waals surface area contributed by atoms with Gasteiger partial charge in [0.2, 0.25) is 10.0 Å². The van der Waals surface area contributed by atoms with E-state index < -0.39 is 10.0 Å². The van der Waals surface area contributed by atoms with Crippen molar-refractivity contribution in [3.63, 3.8) is 0 Å². The molecule has 0 aliphatic rings. The molecule has 0 aromatic carbocycles. The lowest BCUT2D eigenvalue weighted by atomic mass is 10.2. The van der Waals surface area contributed by atoms with E-state index in [-0.39, 0.29) is 25.2 Å². The van der Waals surface area contributed by atoms with Crippen molar-refractivity contribution in [1.29, 1.82) is 0 Å².